The van der Waals surface area contributed by atoms with Crippen LogP contribution in [-0.2, 0) is 10.0 Å². The normalized spacial score (nSPS) is 12.0. The number of fused-ring (bicyclic) bond motifs is 1. The molecule has 8 heteroatoms. The number of azo groups is 1. The third-order valence-electron chi connectivity index (χ3n) is 3.64. The van der Waals surface area contributed by atoms with Gasteiger partial charge in [0.1, 0.15) is 16.4 Å². The zero-order valence-corrected chi connectivity index (χ0v) is 14.0. The zero-order valence-electron chi connectivity index (χ0n) is 13.2. The van der Waals surface area contributed by atoms with Crippen LogP contribution in [0.15, 0.2) is 69.7 Å². The minimum atomic E-state index is -3.92. The Bertz CT molecular complexity index is 1060. The first kappa shape index (κ1) is 16.9. The number of hydrogen-bond donors (Lipinski definition) is 3. The van der Waals surface area contributed by atoms with Crippen LogP contribution in [0.25, 0.3) is 10.8 Å². The highest BCUT2D eigenvalue weighted by Gasteiger charge is 2.22. The molecule has 3 N–H and O–H groups in total. The van der Waals surface area contributed by atoms with Gasteiger partial charge in [0.05, 0.1) is 16.8 Å². The fourth-order valence-corrected chi connectivity index (χ4v) is 3.26. The van der Waals surface area contributed by atoms with Crippen molar-refractivity contribution in [2.24, 2.45) is 10.2 Å². The topological polar surface area (TPSA) is 111 Å². The van der Waals surface area contributed by atoms with Crippen molar-refractivity contribution in [3.05, 3.63) is 54.6 Å². The Morgan fingerprint density at radius 2 is 1.68 bits per heavy atom. The Morgan fingerprint density at radius 3 is 2.36 bits per heavy atom. The lowest BCUT2D eigenvalue weighted by Gasteiger charge is -2.11. The van der Waals surface area contributed by atoms with Crippen LogP contribution >= 0.6 is 0 Å². The van der Waals surface area contributed by atoms with E-state index in [1.165, 1.54) is 31.3 Å². The number of phenolic OH excluding ortho intramolecular Hbond substituents is 2. The summed E-state index contributed by atoms with van der Waals surface area (Å²) in [6.45, 7) is 0. The lowest BCUT2D eigenvalue weighted by atomic mass is 10.1. The second kappa shape index (κ2) is 6.50. The number of benzene rings is 3. The summed E-state index contributed by atoms with van der Waals surface area (Å²) in [4.78, 5) is -0.338. The first-order valence-corrected chi connectivity index (χ1v) is 8.80. The Hall–Kier alpha value is -2.97. The third-order valence-corrected chi connectivity index (χ3v) is 5.07. The maximum absolute atomic E-state index is 12.2. The molecule has 0 aliphatic carbocycles. The first-order chi connectivity index (χ1) is 11.9. The molecule has 0 heterocycles. The lowest BCUT2D eigenvalue weighted by Crippen LogP contribution is -2.18. The van der Waals surface area contributed by atoms with Crippen LogP contribution < -0.4 is 4.72 Å². The molecule has 0 atom stereocenters. The SMILES string of the molecule is CNS(=O)(=O)c1cc(N=Nc2ccccc2)c2c(O)cccc2c1O. The average molecular weight is 357 g/mol. The van der Waals surface area contributed by atoms with E-state index in [-0.39, 0.29) is 27.1 Å². The van der Waals surface area contributed by atoms with E-state index in [0.717, 1.165) is 0 Å². The fraction of sp³-hybridized carbons (Fsp3) is 0.0588. The highest BCUT2D eigenvalue weighted by molar-refractivity contribution is 7.89. The molecule has 128 valence electrons. The van der Waals surface area contributed by atoms with E-state index < -0.39 is 15.8 Å². The van der Waals surface area contributed by atoms with Crippen LogP contribution in [0.1, 0.15) is 0 Å². The number of rotatable bonds is 4. The minimum Gasteiger partial charge on any atom is -0.507 e. The predicted octanol–water partition coefficient (Wildman–Crippen LogP) is 3.57. The van der Waals surface area contributed by atoms with Crippen molar-refractivity contribution in [3.63, 3.8) is 0 Å². The average Bonchev–Trinajstić information content (AvgIpc) is 2.62. The molecule has 0 aliphatic rings. The number of aromatic hydroxyl groups is 2. The van der Waals surface area contributed by atoms with E-state index in [1.54, 1.807) is 24.3 Å². The molecule has 0 unspecified atom stereocenters. The van der Waals surface area contributed by atoms with Crippen molar-refractivity contribution in [3.8, 4) is 11.5 Å². The third kappa shape index (κ3) is 3.17. The number of nitrogens with one attached hydrogen (secondary N) is 1. The Balaban J connectivity index is 2.30. The zero-order chi connectivity index (χ0) is 18.0. The molecule has 0 aromatic heterocycles. The van der Waals surface area contributed by atoms with E-state index in [2.05, 4.69) is 15.0 Å². The molecule has 0 amide bonds. The maximum Gasteiger partial charge on any atom is 0.244 e. The monoisotopic (exact) mass is 357 g/mol. The van der Waals surface area contributed by atoms with Crippen molar-refractivity contribution < 1.29 is 18.6 Å². The van der Waals surface area contributed by atoms with E-state index in [9.17, 15) is 18.6 Å². The lowest BCUT2D eigenvalue weighted by molar-refractivity contribution is 0.462. The summed E-state index contributed by atoms with van der Waals surface area (Å²) in [5.41, 5.74) is 0.695. The second-order valence-electron chi connectivity index (χ2n) is 5.19. The standard InChI is InChI=1S/C17H15N3O4S/c1-18-25(23,24)15-10-13(20-19-11-6-3-2-4-7-11)16-12(17(15)22)8-5-9-14(16)21/h2-10,18,21-22H,1H3. The Morgan fingerprint density at radius 1 is 0.960 bits per heavy atom. The molecule has 25 heavy (non-hydrogen) atoms. The Kier molecular flexibility index (Phi) is 4.39. The number of nitrogens with zero attached hydrogens (tertiary/aromatic N) is 2. The van der Waals surface area contributed by atoms with Crippen molar-refractivity contribution in [1.29, 1.82) is 0 Å². The van der Waals surface area contributed by atoms with Crippen molar-refractivity contribution in [1.82, 2.24) is 4.72 Å². The fourth-order valence-electron chi connectivity index (χ4n) is 2.40. The largest absolute Gasteiger partial charge is 0.507 e. The molecular formula is C17H15N3O4S. The van der Waals surface area contributed by atoms with Crippen LogP contribution in [-0.4, -0.2) is 25.7 Å². The molecule has 3 aromatic rings. The van der Waals surface area contributed by atoms with E-state index in [4.69, 9.17) is 0 Å². The van der Waals surface area contributed by atoms with E-state index in [0.29, 0.717) is 5.69 Å². The highest BCUT2D eigenvalue weighted by Crippen LogP contribution is 2.42. The first-order valence-electron chi connectivity index (χ1n) is 7.32. The van der Waals surface area contributed by atoms with Gasteiger partial charge in [-0.3, -0.25) is 0 Å². The van der Waals surface area contributed by atoms with Gasteiger partial charge in [0.2, 0.25) is 10.0 Å². The minimum absolute atomic E-state index is 0.128. The van der Waals surface area contributed by atoms with E-state index in [1.807, 2.05) is 6.07 Å². The molecule has 0 bridgehead atoms. The molecular weight excluding hydrogens is 342 g/mol. The molecule has 0 radical (unpaired) electrons. The van der Waals surface area contributed by atoms with Gasteiger partial charge >= 0.3 is 0 Å². The van der Waals surface area contributed by atoms with Gasteiger partial charge < -0.3 is 10.2 Å². The summed E-state index contributed by atoms with van der Waals surface area (Å²) in [5, 5.41) is 29.0. The second-order valence-corrected chi connectivity index (χ2v) is 7.04. The molecule has 3 aromatic carbocycles. The van der Waals surface area contributed by atoms with Gasteiger partial charge in [-0.05, 0) is 31.3 Å². The van der Waals surface area contributed by atoms with Crippen LogP contribution in [0.2, 0.25) is 0 Å². The summed E-state index contributed by atoms with van der Waals surface area (Å²) >= 11 is 0. The van der Waals surface area contributed by atoms with E-state index >= 15 is 0 Å². The Labute approximate surface area is 144 Å². The van der Waals surface area contributed by atoms with Crippen LogP contribution in [0.3, 0.4) is 0 Å². The van der Waals surface area contributed by atoms with Crippen molar-refractivity contribution in [2.45, 2.75) is 4.90 Å². The molecule has 0 aliphatic heterocycles. The van der Waals surface area contributed by atoms with Crippen LogP contribution in [0.4, 0.5) is 11.4 Å². The molecule has 0 saturated heterocycles. The molecule has 3 rings (SSSR count). The summed E-state index contributed by atoms with van der Waals surface area (Å²) in [6, 6.07) is 14.5. The van der Waals surface area contributed by atoms with Crippen molar-refractivity contribution >= 4 is 32.2 Å². The molecule has 0 saturated carbocycles. The van der Waals surface area contributed by atoms with Gasteiger partial charge in [0.25, 0.3) is 0 Å². The quantitative estimate of drug-likeness (QED) is 0.620. The molecule has 7 nitrogen and oxygen atoms in total. The van der Waals surface area contributed by atoms with Crippen LogP contribution in [0.5, 0.6) is 11.5 Å². The summed E-state index contributed by atoms with van der Waals surface area (Å²) < 4.78 is 26.5. The molecule has 0 fully saturated rings. The highest BCUT2D eigenvalue weighted by atomic mass is 32.2. The summed E-state index contributed by atoms with van der Waals surface area (Å²) in [6.07, 6.45) is 0. The number of phenols is 2. The van der Waals surface area contributed by atoms with Gasteiger partial charge in [-0.25, -0.2) is 13.1 Å². The predicted molar refractivity (Wildman–Crippen MR) is 94.1 cm³/mol. The summed E-state index contributed by atoms with van der Waals surface area (Å²) in [7, 11) is -2.68. The van der Waals surface area contributed by atoms with Crippen molar-refractivity contribution in [2.75, 3.05) is 7.05 Å². The summed E-state index contributed by atoms with van der Waals surface area (Å²) in [5.74, 6) is -0.595. The van der Waals surface area contributed by atoms with Gasteiger partial charge in [0, 0.05) is 5.39 Å². The van der Waals surface area contributed by atoms with Gasteiger partial charge in [-0.1, -0.05) is 30.3 Å². The number of sulfonamides is 1. The smallest absolute Gasteiger partial charge is 0.244 e. The maximum atomic E-state index is 12.2. The molecule has 0 spiro atoms. The van der Waals surface area contributed by atoms with Gasteiger partial charge in [-0.2, -0.15) is 5.11 Å². The number of hydrogen-bond acceptors (Lipinski definition) is 6. The van der Waals surface area contributed by atoms with Gasteiger partial charge in [0.15, 0.2) is 0 Å². The van der Waals surface area contributed by atoms with Gasteiger partial charge in [-0.15, -0.1) is 5.11 Å². The van der Waals surface area contributed by atoms with Crippen LogP contribution in [0, 0.1) is 0 Å².